The molecule has 2 N–H and O–H groups in total. The third-order valence-corrected chi connectivity index (χ3v) is 5.87. The molecule has 1 aliphatic carbocycles. The Hall–Kier alpha value is -1.11. The molecule has 0 aromatic rings. The molecule has 0 spiro atoms. The number of hydrogen-bond acceptors (Lipinski definition) is 4. The maximum atomic E-state index is 12.1. The second kappa shape index (κ2) is 3.94. The molecule has 102 valence electrons. The first kappa shape index (κ1) is 13.3. The molecule has 2 aliphatic rings. The van der Waals surface area contributed by atoms with Gasteiger partial charge in [0.15, 0.2) is 9.84 Å². The van der Waals surface area contributed by atoms with Crippen molar-refractivity contribution in [1.29, 1.82) is 0 Å². The summed E-state index contributed by atoms with van der Waals surface area (Å²) in [5, 5.41) is 11.8. The third-order valence-electron chi connectivity index (χ3n) is 3.97. The fraction of sp³-hybridized carbons (Fsp3) is 0.818. The standard InChI is InChI=1S/C11H17NO5S/c1-10(5-6-18(16,17)7-10)12-8(13)11(9(14)15)3-2-4-11/h2-7H2,1H3,(H,12,13)(H,14,15). The van der Waals surface area contributed by atoms with Gasteiger partial charge in [-0.15, -0.1) is 0 Å². The lowest BCUT2D eigenvalue weighted by Gasteiger charge is -2.38. The van der Waals surface area contributed by atoms with E-state index in [4.69, 9.17) is 5.11 Å². The van der Waals surface area contributed by atoms with Gasteiger partial charge in [0.2, 0.25) is 5.91 Å². The van der Waals surface area contributed by atoms with Crippen molar-refractivity contribution in [3.05, 3.63) is 0 Å². The first-order valence-corrected chi connectivity index (χ1v) is 7.78. The van der Waals surface area contributed by atoms with Gasteiger partial charge in [0.1, 0.15) is 5.41 Å². The van der Waals surface area contributed by atoms with Crippen LogP contribution in [0.2, 0.25) is 0 Å². The van der Waals surface area contributed by atoms with Gasteiger partial charge >= 0.3 is 5.97 Å². The molecule has 1 saturated heterocycles. The molecule has 1 heterocycles. The molecule has 0 aromatic carbocycles. The predicted octanol–water partition coefficient (Wildman–Crippen LogP) is -0.0653. The molecule has 2 fully saturated rings. The van der Waals surface area contributed by atoms with E-state index >= 15 is 0 Å². The molecule has 1 aliphatic heterocycles. The van der Waals surface area contributed by atoms with Crippen LogP contribution >= 0.6 is 0 Å². The number of rotatable bonds is 3. The van der Waals surface area contributed by atoms with Crippen LogP contribution in [-0.4, -0.2) is 42.4 Å². The Morgan fingerprint density at radius 3 is 2.17 bits per heavy atom. The van der Waals surface area contributed by atoms with Crippen LogP contribution in [0.25, 0.3) is 0 Å². The van der Waals surface area contributed by atoms with Crippen molar-refractivity contribution in [3.63, 3.8) is 0 Å². The highest BCUT2D eigenvalue weighted by molar-refractivity contribution is 7.91. The molecular formula is C11H17NO5S. The van der Waals surface area contributed by atoms with E-state index in [1.807, 2.05) is 0 Å². The average Bonchev–Trinajstić information content (AvgIpc) is 2.36. The summed E-state index contributed by atoms with van der Waals surface area (Å²) in [7, 11) is -3.12. The number of amides is 1. The Morgan fingerprint density at radius 2 is 1.83 bits per heavy atom. The highest BCUT2D eigenvalue weighted by Crippen LogP contribution is 2.42. The Kier molecular flexibility index (Phi) is 2.92. The van der Waals surface area contributed by atoms with Crippen LogP contribution < -0.4 is 5.32 Å². The smallest absolute Gasteiger partial charge is 0.319 e. The zero-order chi connectivity index (χ0) is 13.6. The van der Waals surface area contributed by atoms with E-state index in [0.29, 0.717) is 25.7 Å². The molecule has 1 amide bonds. The van der Waals surface area contributed by atoms with Crippen molar-refractivity contribution >= 4 is 21.7 Å². The normalized spacial score (nSPS) is 32.5. The number of carboxylic acids is 1. The minimum atomic E-state index is -3.12. The molecule has 1 unspecified atom stereocenters. The van der Waals surface area contributed by atoms with Crippen molar-refractivity contribution in [2.24, 2.45) is 5.41 Å². The van der Waals surface area contributed by atoms with E-state index in [2.05, 4.69) is 5.32 Å². The summed E-state index contributed by atoms with van der Waals surface area (Å²) in [6, 6.07) is 0. The summed E-state index contributed by atoms with van der Waals surface area (Å²) in [5.74, 6) is -1.72. The quantitative estimate of drug-likeness (QED) is 0.702. The summed E-state index contributed by atoms with van der Waals surface area (Å²) in [6.07, 6.45) is 1.72. The maximum Gasteiger partial charge on any atom is 0.319 e. The SMILES string of the molecule is CC1(NC(=O)C2(C(=O)O)CCC2)CCS(=O)(=O)C1. The van der Waals surface area contributed by atoms with Gasteiger partial charge in [-0.2, -0.15) is 0 Å². The van der Waals surface area contributed by atoms with Gasteiger partial charge in [0.05, 0.1) is 17.0 Å². The van der Waals surface area contributed by atoms with Crippen molar-refractivity contribution in [2.75, 3.05) is 11.5 Å². The Bertz CT molecular complexity index is 494. The van der Waals surface area contributed by atoms with Crippen LogP contribution in [0.5, 0.6) is 0 Å². The second-order valence-electron chi connectivity index (χ2n) is 5.60. The van der Waals surface area contributed by atoms with Gasteiger partial charge in [-0.05, 0) is 26.2 Å². The number of nitrogens with one attached hydrogen (secondary N) is 1. The van der Waals surface area contributed by atoms with Crippen molar-refractivity contribution in [2.45, 2.75) is 38.1 Å². The van der Waals surface area contributed by atoms with E-state index in [0.717, 1.165) is 0 Å². The lowest BCUT2D eigenvalue weighted by Crippen LogP contribution is -2.57. The van der Waals surface area contributed by atoms with Gasteiger partial charge in [-0.25, -0.2) is 8.42 Å². The molecule has 7 heteroatoms. The molecule has 1 atom stereocenters. The number of carbonyl (C=O) groups is 2. The Morgan fingerprint density at radius 1 is 1.22 bits per heavy atom. The Balaban J connectivity index is 2.11. The summed E-state index contributed by atoms with van der Waals surface area (Å²) in [6.45, 7) is 1.66. The van der Waals surface area contributed by atoms with Crippen molar-refractivity contribution in [3.8, 4) is 0 Å². The highest BCUT2D eigenvalue weighted by Gasteiger charge is 2.53. The topological polar surface area (TPSA) is 101 Å². The molecule has 0 radical (unpaired) electrons. The molecule has 1 saturated carbocycles. The van der Waals surface area contributed by atoms with Crippen LogP contribution in [0.15, 0.2) is 0 Å². The van der Waals surface area contributed by atoms with Crippen LogP contribution in [0.3, 0.4) is 0 Å². The Labute approximate surface area is 106 Å². The number of sulfone groups is 1. The van der Waals surface area contributed by atoms with Gasteiger partial charge in [-0.3, -0.25) is 9.59 Å². The number of aliphatic carboxylic acids is 1. The molecule has 6 nitrogen and oxygen atoms in total. The number of carbonyl (C=O) groups excluding carboxylic acids is 1. The number of hydrogen-bond donors (Lipinski definition) is 2. The minimum Gasteiger partial charge on any atom is -0.480 e. The number of carboxylic acid groups (broad SMARTS) is 1. The van der Waals surface area contributed by atoms with Crippen LogP contribution in [0, 0.1) is 5.41 Å². The monoisotopic (exact) mass is 275 g/mol. The average molecular weight is 275 g/mol. The highest BCUT2D eigenvalue weighted by atomic mass is 32.2. The van der Waals surface area contributed by atoms with E-state index < -0.39 is 32.7 Å². The van der Waals surface area contributed by atoms with Gasteiger partial charge in [0.25, 0.3) is 0 Å². The first-order chi connectivity index (χ1) is 8.19. The van der Waals surface area contributed by atoms with Crippen molar-refractivity contribution in [1.82, 2.24) is 5.32 Å². The largest absolute Gasteiger partial charge is 0.480 e. The molecule has 0 bridgehead atoms. The first-order valence-electron chi connectivity index (χ1n) is 5.96. The molecule has 2 rings (SSSR count). The van der Waals surface area contributed by atoms with Crippen molar-refractivity contribution < 1.29 is 23.1 Å². The molecule has 18 heavy (non-hydrogen) atoms. The van der Waals surface area contributed by atoms with Crippen LogP contribution in [0.1, 0.15) is 32.6 Å². The zero-order valence-corrected chi connectivity index (χ0v) is 11.0. The third kappa shape index (κ3) is 2.11. The van der Waals surface area contributed by atoms with Crippen LogP contribution in [-0.2, 0) is 19.4 Å². The minimum absolute atomic E-state index is 0.0455. The molecule has 0 aromatic heterocycles. The molecular weight excluding hydrogens is 258 g/mol. The fourth-order valence-electron chi connectivity index (χ4n) is 2.57. The van der Waals surface area contributed by atoms with Gasteiger partial charge < -0.3 is 10.4 Å². The zero-order valence-electron chi connectivity index (χ0n) is 10.2. The lowest BCUT2D eigenvalue weighted by molar-refractivity contribution is -0.162. The van der Waals surface area contributed by atoms with E-state index in [-0.39, 0.29) is 11.5 Å². The lowest BCUT2D eigenvalue weighted by atomic mass is 9.67. The van der Waals surface area contributed by atoms with E-state index in [1.54, 1.807) is 6.92 Å². The second-order valence-corrected chi connectivity index (χ2v) is 7.78. The summed E-state index contributed by atoms with van der Waals surface area (Å²) >= 11 is 0. The van der Waals surface area contributed by atoms with Crippen LogP contribution in [0.4, 0.5) is 0 Å². The van der Waals surface area contributed by atoms with Gasteiger partial charge in [-0.1, -0.05) is 6.42 Å². The maximum absolute atomic E-state index is 12.1. The van der Waals surface area contributed by atoms with E-state index in [9.17, 15) is 18.0 Å². The summed E-state index contributed by atoms with van der Waals surface area (Å²) in [4.78, 5) is 23.2. The predicted molar refractivity (Wildman–Crippen MR) is 63.7 cm³/mol. The van der Waals surface area contributed by atoms with Gasteiger partial charge in [0, 0.05) is 0 Å². The fourth-order valence-corrected chi connectivity index (χ4v) is 4.66. The summed E-state index contributed by atoms with van der Waals surface area (Å²) < 4.78 is 22.9. The van der Waals surface area contributed by atoms with E-state index in [1.165, 1.54) is 0 Å². The summed E-state index contributed by atoms with van der Waals surface area (Å²) in [5.41, 5.74) is -2.16.